The van der Waals surface area contributed by atoms with Crippen LogP contribution in [0.5, 0.6) is 0 Å². The summed E-state index contributed by atoms with van der Waals surface area (Å²) in [5, 5.41) is 13.6. The standard InChI is InChI=1S/C19H24N2O4/c1-15-2-4-16(5-3-15)12-19(14-22)13-21(10-11-24-19)18(23)7-6-17-8-9-20-25-17/h2-5,8-9,22H,6-7,10-14H2,1H3/t19-/m1/s1. The lowest BCUT2D eigenvalue weighted by Gasteiger charge is -2.42. The maximum absolute atomic E-state index is 12.5. The molecule has 6 nitrogen and oxygen atoms in total. The maximum Gasteiger partial charge on any atom is 0.223 e. The molecule has 0 saturated carbocycles. The largest absolute Gasteiger partial charge is 0.393 e. The van der Waals surface area contributed by atoms with Gasteiger partial charge in [0.1, 0.15) is 11.4 Å². The molecule has 3 rings (SSSR count). The summed E-state index contributed by atoms with van der Waals surface area (Å²) in [6.07, 6.45) is 3.05. The number of benzene rings is 1. The van der Waals surface area contributed by atoms with Crippen LogP contribution in [0.4, 0.5) is 0 Å². The van der Waals surface area contributed by atoms with E-state index in [9.17, 15) is 9.90 Å². The average Bonchev–Trinajstić information content (AvgIpc) is 3.15. The van der Waals surface area contributed by atoms with Gasteiger partial charge in [0, 0.05) is 31.9 Å². The van der Waals surface area contributed by atoms with E-state index in [1.807, 2.05) is 31.2 Å². The minimum atomic E-state index is -0.741. The number of aliphatic hydroxyl groups is 1. The second-order valence-corrected chi connectivity index (χ2v) is 6.65. The van der Waals surface area contributed by atoms with Crippen molar-refractivity contribution in [2.45, 2.75) is 31.8 Å². The number of hydrogen-bond donors (Lipinski definition) is 1. The Labute approximate surface area is 147 Å². The summed E-state index contributed by atoms with van der Waals surface area (Å²) in [4.78, 5) is 14.3. The van der Waals surface area contributed by atoms with Crippen LogP contribution in [0.1, 0.15) is 23.3 Å². The van der Waals surface area contributed by atoms with Crippen molar-refractivity contribution in [3.8, 4) is 0 Å². The van der Waals surface area contributed by atoms with Gasteiger partial charge in [-0.25, -0.2) is 0 Å². The first kappa shape index (κ1) is 17.6. The van der Waals surface area contributed by atoms with Gasteiger partial charge in [0.05, 0.1) is 26.0 Å². The van der Waals surface area contributed by atoms with E-state index in [0.29, 0.717) is 44.7 Å². The van der Waals surface area contributed by atoms with Gasteiger partial charge in [-0.1, -0.05) is 35.0 Å². The van der Waals surface area contributed by atoms with Gasteiger partial charge in [-0.05, 0) is 12.5 Å². The van der Waals surface area contributed by atoms with Gasteiger partial charge >= 0.3 is 0 Å². The molecule has 1 aliphatic rings. The zero-order valence-corrected chi connectivity index (χ0v) is 14.5. The molecule has 0 unspecified atom stereocenters. The number of nitrogens with zero attached hydrogens (tertiary/aromatic N) is 2. The molecule has 1 amide bonds. The zero-order valence-electron chi connectivity index (χ0n) is 14.5. The van der Waals surface area contributed by atoms with E-state index in [0.717, 1.165) is 5.56 Å². The molecule has 1 saturated heterocycles. The third kappa shape index (κ3) is 4.46. The Kier molecular flexibility index (Phi) is 5.50. The Morgan fingerprint density at radius 3 is 2.80 bits per heavy atom. The van der Waals surface area contributed by atoms with E-state index in [-0.39, 0.29) is 12.5 Å². The van der Waals surface area contributed by atoms with Gasteiger partial charge in [-0.2, -0.15) is 0 Å². The predicted octanol–water partition coefficient (Wildman–Crippen LogP) is 1.75. The van der Waals surface area contributed by atoms with E-state index >= 15 is 0 Å². The topological polar surface area (TPSA) is 75.8 Å². The fourth-order valence-electron chi connectivity index (χ4n) is 3.15. The highest BCUT2D eigenvalue weighted by atomic mass is 16.5. The highest BCUT2D eigenvalue weighted by Gasteiger charge is 2.38. The molecule has 25 heavy (non-hydrogen) atoms. The van der Waals surface area contributed by atoms with Crippen molar-refractivity contribution in [1.82, 2.24) is 10.1 Å². The third-order valence-corrected chi connectivity index (χ3v) is 4.61. The van der Waals surface area contributed by atoms with Gasteiger partial charge in [0.2, 0.25) is 5.91 Å². The molecular formula is C19H24N2O4. The molecule has 2 aromatic rings. The fraction of sp³-hybridized carbons (Fsp3) is 0.474. The van der Waals surface area contributed by atoms with Gasteiger partial charge in [0.15, 0.2) is 0 Å². The summed E-state index contributed by atoms with van der Waals surface area (Å²) in [7, 11) is 0. The van der Waals surface area contributed by atoms with Crippen molar-refractivity contribution < 1.29 is 19.2 Å². The highest BCUT2D eigenvalue weighted by Crippen LogP contribution is 2.24. The summed E-state index contributed by atoms with van der Waals surface area (Å²) in [6.45, 7) is 3.29. The number of aromatic nitrogens is 1. The Morgan fingerprint density at radius 1 is 1.32 bits per heavy atom. The quantitative estimate of drug-likeness (QED) is 0.864. The van der Waals surface area contributed by atoms with E-state index in [1.165, 1.54) is 5.56 Å². The minimum absolute atomic E-state index is 0.0430. The van der Waals surface area contributed by atoms with E-state index in [2.05, 4.69) is 5.16 Å². The molecule has 0 bridgehead atoms. The molecule has 2 heterocycles. The van der Waals surface area contributed by atoms with Gasteiger partial charge < -0.3 is 19.3 Å². The molecule has 0 aliphatic carbocycles. The molecular weight excluding hydrogens is 320 g/mol. The Balaban J connectivity index is 1.62. The third-order valence-electron chi connectivity index (χ3n) is 4.61. The number of aliphatic hydroxyl groups excluding tert-OH is 1. The van der Waals surface area contributed by atoms with Crippen LogP contribution >= 0.6 is 0 Å². The van der Waals surface area contributed by atoms with Crippen LogP contribution < -0.4 is 0 Å². The zero-order chi connectivity index (χ0) is 17.7. The first-order valence-electron chi connectivity index (χ1n) is 8.58. The van der Waals surface area contributed by atoms with Crippen molar-refractivity contribution in [3.05, 3.63) is 53.4 Å². The van der Waals surface area contributed by atoms with E-state index in [4.69, 9.17) is 9.26 Å². The molecule has 1 atom stereocenters. The summed E-state index contributed by atoms with van der Waals surface area (Å²) >= 11 is 0. The van der Waals surface area contributed by atoms with Crippen molar-refractivity contribution in [1.29, 1.82) is 0 Å². The summed E-state index contributed by atoms with van der Waals surface area (Å²) < 4.78 is 10.9. The minimum Gasteiger partial charge on any atom is -0.393 e. The average molecular weight is 344 g/mol. The molecule has 1 fully saturated rings. The predicted molar refractivity (Wildman–Crippen MR) is 92.1 cm³/mol. The van der Waals surface area contributed by atoms with Crippen LogP contribution in [0, 0.1) is 6.92 Å². The molecule has 1 aliphatic heterocycles. The SMILES string of the molecule is Cc1ccc(C[C@]2(CO)CN(C(=O)CCc3ccno3)CCO2)cc1. The number of aryl methyl sites for hydroxylation is 2. The van der Waals surface area contributed by atoms with Crippen LogP contribution in [0.15, 0.2) is 41.1 Å². The van der Waals surface area contributed by atoms with Gasteiger partial charge in [-0.15, -0.1) is 0 Å². The van der Waals surface area contributed by atoms with Crippen molar-refractivity contribution in [2.75, 3.05) is 26.3 Å². The molecule has 0 spiro atoms. The summed E-state index contributed by atoms with van der Waals surface area (Å²) in [5.74, 6) is 0.746. The van der Waals surface area contributed by atoms with Gasteiger partial charge in [-0.3, -0.25) is 4.79 Å². The van der Waals surface area contributed by atoms with Crippen LogP contribution in [-0.4, -0.2) is 53.0 Å². The van der Waals surface area contributed by atoms with E-state index < -0.39 is 5.60 Å². The number of amides is 1. The van der Waals surface area contributed by atoms with Crippen molar-refractivity contribution in [3.63, 3.8) is 0 Å². The van der Waals surface area contributed by atoms with Crippen molar-refractivity contribution in [2.24, 2.45) is 0 Å². The van der Waals surface area contributed by atoms with Gasteiger partial charge in [0.25, 0.3) is 0 Å². The number of carbonyl (C=O) groups excluding carboxylic acids is 1. The van der Waals surface area contributed by atoms with Crippen LogP contribution in [0.2, 0.25) is 0 Å². The smallest absolute Gasteiger partial charge is 0.223 e. The second-order valence-electron chi connectivity index (χ2n) is 6.65. The maximum atomic E-state index is 12.5. The number of morpholine rings is 1. The normalized spacial score (nSPS) is 20.6. The fourth-order valence-corrected chi connectivity index (χ4v) is 3.15. The number of ether oxygens (including phenoxy) is 1. The van der Waals surface area contributed by atoms with Crippen LogP contribution in [0.25, 0.3) is 0 Å². The van der Waals surface area contributed by atoms with E-state index in [1.54, 1.807) is 17.2 Å². The lowest BCUT2D eigenvalue weighted by atomic mass is 9.92. The summed E-state index contributed by atoms with van der Waals surface area (Å²) in [5.41, 5.74) is 1.54. The lowest BCUT2D eigenvalue weighted by Crippen LogP contribution is -2.56. The molecule has 0 radical (unpaired) electrons. The molecule has 1 aromatic carbocycles. The lowest BCUT2D eigenvalue weighted by molar-refractivity contribution is -0.158. The first-order chi connectivity index (χ1) is 12.1. The monoisotopic (exact) mass is 344 g/mol. The Hall–Kier alpha value is -2.18. The number of hydrogen-bond acceptors (Lipinski definition) is 5. The van der Waals surface area contributed by atoms with Crippen LogP contribution in [-0.2, 0) is 22.4 Å². The van der Waals surface area contributed by atoms with Crippen LogP contribution in [0.3, 0.4) is 0 Å². The molecule has 134 valence electrons. The molecule has 1 aromatic heterocycles. The Morgan fingerprint density at radius 2 is 2.12 bits per heavy atom. The highest BCUT2D eigenvalue weighted by molar-refractivity contribution is 5.76. The number of rotatable bonds is 6. The first-order valence-corrected chi connectivity index (χ1v) is 8.58. The summed E-state index contributed by atoms with van der Waals surface area (Å²) in [6, 6.07) is 9.94. The second kappa shape index (κ2) is 7.80. The molecule has 1 N–H and O–H groups in total. The molecule has 6 heteroatoms. The van der Waals surface area contributed by atoms with Crippen molar-refractivity contribution >= 4 is 5.91 Å². The Bertz CT molecular complexity index is 684. The number of carbonyl (C=O) groups is 1.